The van der Waals surface area contributed by atoms with Crippen LogP contribution in [0.25, 0.3) is 0 Å². The Morgan fingerprint density at radius 1 is 1.75 bits per heavy atom. The van der Waals surface area contributed by atoms with Gasteiger partial charge in [-0.2, -0.15) is 0 Å². The SMILES string of the molecule is C=CCOC(=C)[O-].[Li+]. The first-order valence-corrected chi connectivity index (χ1v) is 1.87. The Kier molecular flexibility index (Phi) is 8.86. The van der Waals surface area contributed by atoms with Gasteiger partial charge < -0.3 is 9.84 Å². The van der Waals surface area contributed by atoms with Crippen molar-refractivity contribution in [1.29, 1.82) is 0 Å². The van der Waals surface area contributed by atoms with Crippen LogP contribution in [0.15, 0.2) is 25.2 Å². The van der Waals surface area contributed by atoms with E-state index in [1.54, 1.807) is 0 Å². The molecule has 0 spiro atoms. The predicted octanol–water partition coefficient (Wildman–Crippen LogP) is -2.98. The fourth-order valence-corrected chi connectivity index (χ4v) is 0.152. The Morgan fingerprint density at radius 3 is 2.38 bits per heavy atom. The molecule has 0 atom stereocenters. The Bertz CT molecular complexity index is 80.5. The normalized spacial score (nSPS) is 6.50. The van der Waals surface area contributed by atoms with Crippen LogP contribution >= 0.6 is 0 Å². The van der Waals surface area contributed by atoms with Crippen molar-refractivity contribution in [3.8, 4) is 0 Å². The smallest absolute Gasteiger partial charge is 0.610 e. The summed E-state index contributed by atoms with van der Waals surface area (Å²) in [6.07, 6.45) is 1.49. The Morgan fingerprint density at radius 2 is 2.25 bits per heavy atom. The van der Waals surface area contributed by atoms with E-state index < -0.39 is 5.95 Å². The molecule has 0 saturated heterocycles. The Balaban J connectivity index is 0. The Hall–Kier alpha value is -0.323. The van der Waals surface area contributed by atoms with Crippen LogP contribution in [0.2, 0.25) is 0 Å². The van der Waals surface area contributed by atoms with Gasteiger partial charge in [0.05, 0.1) is 0 Å². The van der Waals surface area contributed by atoms with Gasteiger partial charge in [-0.3, -0.25) is 0 Å². The molecule has 8 heavy (non-hydrogen) atoms. The quantitative estimate of drug-likeness (QED) is 0.218. The molecule has 0 rings (SSSR count). The molecule has 0 radical (unpaired) electrons. The first kappa shape index (κ1) is 10.6. The van der Waals surface area contributed by atoms with Crippen molar-refractivity contribution < 1.29 is 28.7 Å². The van der Waals surface area contributed by atoms with Gasteiger partial charge in [0.15, 0.2) is 0 Å². The molecule has 0 aliphatic carbocycles. The van der Waals surface area contributed by atoms with Crippen LogP contribution in [0.3, 0.4) is 0 Å². The molecule has 0 fully saturated rings. The van der Waals surface area contributed by atoms with Crippen molar-refractivity contribution in [3.05, 3.63) is 25.2 Å². The van der Waals surface area contributed by atoms with Crippen LogP contribution < -0.4 is 24.0 Å². The van der Waals surface area contributed by atoms with Crippen molar-refractivity contribution in [2.24, 2.45) is 0 Å². The maximum atomic E-state index is 9.82. The standard InChI is InChI=1S/C5H8O2.Li/c1-3-4-7-5(2)6;/h3,6H,1-2,4H2;/q;+1/p-1. The summed E-state index contributed by atoms with van der Waals surface area (Å²) in [5.74, 6) is -0.514. The maximum absolute atomic E-state index is 9.82. The third-order valence-electron chi connectivity index (χ3n) is 0.362. The number of ether oxygens (including phenoxy) is 1. The molecule has 2 nitrogen and oxygen atoms in total. The number of hydrogen-bond acceptors (Lipinski definition) is 2. The van der Waals surface area contributed by atoms with Crippen LogP contribution in [0.5, 0.6) is 0 Å². The molecule has 0 saturated carbocycles. The number of rotatable bonds is 3. The molecule has 0 aliphatic rings. The average molecular weight is 106 g/mol. The molecule has 0 unspecified atom stereocenters. The minimum absolute atomic E-state index is 0. The topological polar surface area (TPSA) is 32.3 Å². The summed E-state index contributed by atoms with van der Waals surface area (Å²) in [6.45, 7) is 6.55. The molecular weight excluding hydrogens is 99.0 g/mol. The van der Waals surface area contributed by atoms with E-state index in [1.807, 2.05) is 0 Å². The van der Waals surface area contributed by atoms with Crippen molar-refractivity contribution in [3.63, 3.8) is 0 Å². The summed E-state index contributed by atoms with van der Waals surface area (Å²) >= 11 is 0. The average Bonchev–Trinajstić information content (AvgIpc) is 1.61. The summed E-state index contributed by atoms with van der Waals surface area (Å²) in [6, 6.07) is 0. The predicted molar refractivity (Wildman–Crippen MR) is 25.3 cm³/mol. The first-order chi connectivity index (χ1) is 3.27. The fourth-order valence-electron chi connectivity index (χ4n) is 0.152. The van der Waals surface area contributed by atoms with Gasteiger partial charge >= 0.3 is 18.9 Å². The summed E-state index contributed by atoms with van der Waals surface area (Å²) in [5.41, 5.74) is 0. The van der Waals surface area contributed by atoms with Gasteiger partial charge in [-0.25, -0.2) is 0 Å². The van der Waals surface area contributed by atoms with Crippen molar-refractivity contribution >= 4 is 0 Å². The molecule has 0 aromatic heterocycles. The van der Waals surface area contributed by atoms with Gasteiger partial charge in [0.25, 0.3) is 0 Å². The third-order valence-corrected chi connectivity index (χ3v) is 0.362. The van der Waals surface area contributed by atoms with Gasteiger partial charge in [0.2, 0.25) is 0 Å². The zero-order valence-corrected chi connectivity index (χ0v) is 5.02. The van der Waals surface area contributed by atoms with E-state index in [0.717, 1.165) is 0 Å². The second-order valence-electron chi connectivity index (χ2n) is 0.972. The van der Waals surface area contributed by atoms with E-state index in [4.69, 9.17) is 0 Å². The van der Waals surface area contributed by atoms with E-state index in [0.29, 0.717) is 0 Å². The maximum Gasteiger partial charge on any atom is 1.00 e. The van der Waals surface area contributed by atoms with Crippen LogP contribution in [0, 0.1) is 0 Å². The van der Waals surface area contributed by atoms with Crippen molar-refractivity contribution in [1.82, 2.24) is 0 Å². The molecule has 0 N–H and O–H groups in total. The summed E-state index contributed by atoms with van der Waals surface area (Å²) in [7, 11) is 0. The van der Waals surface area contributed by atoms with E-state index in [-0.39, 0.29) is 25.5 Å². The molecule has 0 amide bonds. The van der Waals surface area contributed by atoms with Crippen molar-refractivity contribution in [2.75, 3.05) is 6.61 Å². The second-order valence-corrected chi connectivity index (χ2v) is 0.972. The van der Waals surface area contributed by atoms with E-state index in [1.165, 1.54) is 6.08 Å². The van der Waals surface area contributed by atoms with Gasteiger partial charge in [-0.1, -0.05) is 12.7 Å². The summed E-state index contributed by atoms with van der Waals surface area (Å²) in [4.78, 5) is 0. The summed E-state index contributed by atoms with van der Waals surface area (Å²) in [5, 5.41) is 9.82. The molecule has 40 valence electrons. The molecule has 0 aromatic carbocycles. The molecule has 0 heterocycles. The van der Waals surface area contributed by atoms with Gasteiger partial charge in [-0.15, -0.1) is 6.58 Å². The molecule has 0 aromatic rings. The second kappa shape index (κ2) is 6.68. The minimum atomic E-state index is -0.514. The summed E-state index contributed by atoms with van der Waals surface area (Å²) < 4.78 is 4.32. The number of hydrogen-bond donors (Lipinski definition) is 0. The molecule has 0 aliphatic heterocycles. The molecule has 0 bridgehead atoms. The van der Waals surface area contributed by atoms with Crippen molar-refractivity contribution in [2.45, 2.75) is 0 Å². The molecule has 3 heteroatoms. The zero-order chi connectivity index (χ0) is 5.70. The monoisotopic (exact) mass is 106 g/mol. The largest absolute Gasteiger partial charge is 1.00 e. The van der Waals surface area contributed by atoms with Crippen LogP contribution in [-0.2, 0) is 4.74 Å². The first-order valence-electron chi connectivity index (χ1n) is 1.87. The molecular formula is C5H7LiO2. The fraction of sp³-hybridized carbons (Fsp3) is 0.200. The van der Waals surface area contributed by atoms with E-state index in [2.05, 4.69) is 17.9 Å². The van der Waals surface area contributed by atoms with E-state index in [9.17, 15) is 5.11 Å². The van der Waals surface area contributed by atoms with E-state index >= 15 is 0 Å². The zero-order valence-electron chi connectivity index (χ0n) is 5.02. The van der Waals surface area contributed by atoms with Gasteiger partial charge in [0.1, 0.15) is 0 Å². The van der Waals surface area contributed by atoms with Crippen LogP contribution in [-0.4, -0.2) is 6.61 Å². The minimum Gasteiger partial charge on any atom is -0.610 e. The Labute approximate surface area is 61.0 Å². The van der Waals surface area contributed by atoms with Crippen LogP contribution in [0.4, 0.5) is 0 Å². The third kappa shape index (κ3) is 9.18. The van der Waals surface area contributed by atoms with Crippen LogP contribution in [0.1, 0.15) is 0 Å². The van der Waals surface area contributed by atoms with Gasteiger partial charge in [-0.05, 0) is 0 Å². The van der Waals surface area contributed by atoms with Gasteiger partial charge in [0, 0.05) is 12.6 Å².